The van der Waals surface area contributed by atoms with E-state index in [0.717, 1.165) is 41.5 Å². The van der Waals surface area contributed by atoms with E-state index < -0.39 is 0 Å². The summed E-state index contributed by atoms with van der Waals surface area (Å²) in [6.45, 7) is 2.72. The molecule has 0 radical (unpaired) electrons. The first kappa shape index (κ1) is 17.7. The summed E-state index contributed by atoms with van der Waals surface area (Å²) in [5.41, 5.74) is 3.18. The maximum Gasteiger partial charge on any atom is 0.224 e. The Labute approximate surface area is 154 Å². The highest BCUT2D eigenvalue weighted by molar-refractivity contribution is 5.60. The number of anilines is 3. The number of hydrogen-bond acceptors (Lipinski definition) is 5. The lowest BCUT2D eigenvalue weighted by atomic mass is 10.1. The fourth-order valence-electron chi connectivity index (χ4n) is 2.81. The highest BCUT2D eigenvalue weighted by atomic mass is 16.5. The molecule has 3 aromatic rings. The molecule has 1 N–H and O–H groups in total. The van der Waals surface area contributed by atoms with Crippen molar-refractivity contribution in [2.75, 3.05) is 30.9 Å². The molecule has 0 aliphatic rings. The van der Waals surface area contributed by atoms with Gasteiger partial charge in [-0.1, -0.05) is 36.4 Å². The quantitative estimate of drug-likeness (QED) is 0.693. The third-order valence-corrected chi connectivity index (χ3v) is 4.20. The molecule has 3 rings (SSSR count). The zero-order valence-electron chi connectivity index (χ0n) is 15.4. The van der Waals surface area contributed by atoms with Crippen LogP contribution in [-0.4, -0.2) is 30.7 Å². The van der Waals surface area contributed by atoms with Crippen LogP contribution < -0.4 is 15.0 Å². The van der Waals surface area contributed by atoms with Crippen molar-refractivity contribution in [3.05, 3.63) is 71.9 Å². The van der Waals surface area contributed by atoms with Crippen molar-refractivity contribution in [2.24, 2.45) is 0 Å². The Bertz CT molecular complexity index is 852. The molecule has 0 unspecified atom stereocenters. The third-order valence-electron chi connectivity index (χ3n) is 4.20. The maximum atomic E-state index is 5.40. The number of ether oxygens (including phenoxy) is 1. The van der Waals surface area contributed by atoms with Crippen molar-refractivity contribution in [3.63, 3.8) is 0 Å². The molecule has 0 atom stereocenters. The molecule has 0 spiro atoms. The van der Waals surface area contributed by atoms with Gasteiger partial charge in [0.15, 0.2) is 0 Å². The van der Waals surface area contributed by atoms with Gasteiger partial charge in [-0.2, -0.15) is 4.98 Å². The zero-order chi connectivity index (χ0) is 18.4. The van der Waals surface area contributed by atoms with Crippen LogP contribution in [0.2, 0.25) is 0 Å². The minimum Gasteiger partial charge on any atom is -0.496 e. The molecular weight excluding hydrogens is 324 g/mol. The predicted octanol–water partition coefficient (Wildman–Crippen LogP) is 4.22. The van der Waals surface area contributed by atoms with E-state index in [4.69, 9.17) is 4.74 Å². The SMILES string of the molecule is COc1ccccc1CCNc1nc(C)cc(N(C)c2ccccc2)n1. The molecule has 1 aromatic heterocycles. The van der Waals surface area contributed by atoms with Gasteiger partial charge in [-0.05, 0) is 37.1 Å². The number of benzene rings is 2. The number of nitrogens with zero attached hydrogens (tertiary/aromatic N) is 3. The Morgan fingerprint density at radius 2 is 1.73 bits per heavy atom. The Kier molecular flexibility index (Phi) is 5.69. The Morgan fingerprint density at radius 3 is 2.50 bits per heavy atom. The second-order valence-corrected chi connectivity index (χ2v) is 6.07. The van der Waals surface area contributed by atoms with Crippen molar-refractivity contribution in [1.82, 2.24) is 9.97 Å². The van der Waals surface area contributed by atoms with Gasteiger partial charge in [-0.25, -0.2) is 4.98 Å². The summed E-state index contributed by atoms with van der Waals surface area (Å²) in [6, 6.07) is 20.2. The summed E-state index contributed by atoms with van der Waals surface area (Å²) in [6.07, 6.45) is 0.838. The summed E-state index contributed by atoms with van der Waals surface area (Å²) in [5.74, 6) is 2.41. The van der Waals surface area contributed by atoms with E-state index in [-0.39, 0.29) is 0 Å². The first-order valence-corrected chi connectivity index (χ1v) is 8.67. The van der Waals surface area contributed by atoms with Gasteiger partial charge in [-0.15, -0.1) is 0 Å². The highest BCUT2D eigenvalue weighted by Gasteiger charge is 2.09. The van der Waals surface area contributed by atoms with E-state index in [1.165, 1.54) is 0 Å². The number of para-hydroxylation sites is 2. The molecule has 0 saturated carbocycles. The average molecular weight is 348 g/mol. The number of methoxy groups -OCH3 is 1. The molecule has 0 saturated heterocycles. The van der Waals surface area contributed by atoms with Gasteiger partial charge in [0.05, 0.1) is 7.11 Å². The molecule has 26 heavy (non-hydrogen) atoms. The predicted molar refractivity (Wildman–Crippen MR) is 106 cm³/mol. The number of aryl methyl sites for hydroxylation is 1. The van der Waals surface area contributed by atoms with Crippen LogP contribution in [0.25, 0.3) is 0 Å². The van der Waals surface area contributed by atoms with E-state index in [1.54, 1.807) is 7.11 Å². The largest absolute Gasteiger partial charge is 0.496 e. The lowest BCUT2D eigenvalue weighted by Gasteiger charge is -2.19. The van der Waals surface area contributed by atoms with Crippen LogP contribution >= 0.6 is 0 Å². The molecule has 5 nitrogen and oxygen atoms in total. The molecule has 0 aliphatic heterocycles. The standard InChI is InChI=1S/C21H24N4O/c1-16-15-20(25(2)18-10-5-4-6-11-18)24-21(23-16)22-14-13-17-9-7-8-12-19(17)26-3/h4-12,15H,13-14H2,1-3H3,(H,22,23,24). The van der Waals surface area contributed by atoms with Crippen molar-refractivity contribution >= 4 is 17.5 Å². The number of nitrogens with one attached hydrogen (secondary N) is 1. The molecular formula is C21H24N4O. The van der Waals surface area contributed by atoms with Crippen molar-refractivity contribution in [3.8, 4) is 5.75 Å². The first-order valence-electron chi connectivity index (χ1n) is 8.67. The fraction of sp³-hybridized carbons (Fsp3) is 0.238. The van der Waals surface area contributed by atoms with Crippen molar-refractivity contribution < 1.29 is 4.74 Å². The molecule has 0 aliphatic carbocycles. The monoisotopic (exact) mass is 348 g/mol. The summed E-state index contributed by atoms with van der Waals surface area (Å²) < 4.78 is 5.40. The lowest BCUT2D eigenvalue weighted by Crippen LogP contribution is -2.15. The normalized spacial score (nSPS) is 10.4. The minimum atomic E-state index is 0.637. The van der Waals surface area contributed by atoms with Gasteiger partial charge < -0.3 is 15.0 Å². The lowest BCUT2D eigenvalue weighted by molar-refractivity contribution is 0.410. The number of rotatable bonds is 7. The van der Waals surface area contributed by atoms with Gasteiger partial charge in [-0.3, -0.25) is 0 Å². The van der Waals surface area contributed by atoms with Crippen LogP contribution in [0.3, 0.4) is 0 Å². The third kappa shape index (κ3) is 4.30. The van der Waals surface area contributed by atoms with E-state index in [0.29, 0.717) is 5.95 Å². The molecule has 0 amide bonds. The maximum absolute atomic E-state index is 5.40. The van der Waals surface area contributed by atoms with Crippen LogP contribution in [0.4, 0.5) is 17.5 Å². The fourth-order valence-corrected chi connectivity index (χ4v) is 2.81. The summed E-state index contributed by atoms with van der Waals surface area (Å²) >= 11 is 0. The van der Waals surface area contributed by atoms with E-state index in [9.17, 15) is 0 Å². The first-order chi connectivity index (χ1) is 12.7. The van der Waals surface area contributed by atoms with E-state index >= 15 is 0 Å². The van der Waals surface area contributed by atoms with E-state index in [1.807, 2.05) is 56.4 Å². The van der Waals surface area contributed by atoms with Crippen LogP contribution in [0.15, 0.2) is 60.7 Å². The molecule has 2 aromatic carbocycles. The second-order valence-electron chi connectivity index (χ2n) is 6.07. The van der Waals surface area contributed by atoms with Gasteiger partial charge in [0.1, 0.15) is 11.6 Å². The second kappa shape index (κ2) is 8.34. The summed E-state index contributed by atoms with van der Waals surface area (Å²) in [5, 5.41) is 3.33. The number of aromatic nitrogens is 2. The molecule has 0 fully saturated rings. The molecule has 5 heteroatoms. The Balaban J connectivity index is 1.70. The van der Waals surface area contributed by atoms with Crippen molar-refractivity contribution in [2.45, 2.75) is 13.3 Å². The minimum absolute atomic E-state index is 0.637. The molecule has 134 valence electrons. The summed E-state index contributed by atoms with van der Waals surface area (Å²) in [7, 11) is 3.71. The molecule has 0 bridgehead atoms. The summed E-state index contributed by atoms with van der Waals surface area (Å²) in [4.78, 5) is 11.2. The van der Waals surface area contributed by atoms with Gasteiger partial charge >= 0.3 is 0 Å². The van der Waals surface area contributed by atoms with Crippen LogP contribution in [-0.2, 0) is 6.42 Å². The van der Waals surface area contributed by atoms with Gasteiger partial charge in [0, 0.05) is 31.0 Å². The average Bonchev–Trinajstić information content (AvgIpc) is 2.68. The Morgan fingerprint density at radius 1 is 1.00 bits per heavy atom. The topological polar surface area (TPSA) is 50.3 Å². The van der Waals surface area contributed by atoms with Crippen molar-refractivity contribution in [1.29, 1.82) is 0 Å². The van der Waals surface area contributed by atoms with Gasteiger partial charge in [0.25, 0.3) is 0 Å². The van der Waals surface area contributed by atoms with Crippen LogP contribution in [0.5, 0.6) is 5.75 Å². The molecule has 1 heterocycles. The van der Waals surface area contributed by atoms with E-state index in [2.05, 4.69) is 38.4 Å². The zero-order valence-corrected chi connectivity index (χ0v) is 15.4. The van der Waals surface area contributed by atoms with Gasteiger partial charge in [0.2, 0.25) is 5.95 Å². The number of hydrogen-bond donors (Lipinski definition) is 1. The van der Waals surface area contributed by atoms with Crippen LogP contribution in [0, 0.1) is 6.92 Å². The smallest absolute Gasteiger partial charge is 0.224 e. The van der Waals surface area contributed by atoms with Crippen LogP contribution in [0.1, 0.15) is 11.3 Å². The Hall–Kier alpha value is -3.08. The highest BCUT2D eigenvalue weighted by Crippen LogP contribution is 2.23.